The first kappa shape index (κ1) is 31.7. The Morgan fingerprint density at radius 3 is 2.50 bits per heavy atom. The molecule has 2 heterocycles. The standard InChI is InChI=1S/C30H39F3N4O4Si/c1-29(2,3)42(5,6)41-24-15-16-37(18-24)19-25(36(4)28(38)39-20-21-11-8-7-9-12-21)22-13-10-14-23(17-22)26-34-27(40-35-26)30(31,32)33/h7-14,17,24-25H,15-16,18-20H2,1-6H3/t24-,25+/m0/s1. The van der Waals surface area contributed by atoms with E-state index in [0.29, 0.717) is 17.7 Å². The highest BCUT2D eigenvalue weighted by Crippen LogP contribution is 2.38. The molecule has 4 rings (SSSR count). The van der Waals surface area contributed by atoms with Crippen molar-refractivity contribution in [2.45, 2.75) is 70.3 Å². The van der Waals surface area contributed by atoms with Crippen LogP contribution in [-0.4, -0.2) is 67.1 Å². The Labute approximate surface area is 245 Å². The van der Waals surface area contributed by atoms with Crippen molar-refractivity contribution in [2.24, 2.45) is 0 Å². The average molecular weight is 605 g/mol. The molecule has 8 nitrogen and oxygen atoms in total. The molecule has 12 heteroatoms. The molecule has 1 saturated heterocycles. The molecule has 3 aromatic rings. The summed E-state index contributed by atoms with van der Waals surface area (Å²) in [7, 11) is -0.289. The third kappa shape index (κ3) is 7.78. The molecule has 0 saturated carbocycles. The van der Waals surface area contributed by atoms with Crippen LogP contribution in [-0.2, 0) is 21.9 Å². The lowest BCUT2D eigenvalue weighted by Crippen LogP contribution is -2.45. The fourth-order valence-electron chi connectivity index (χ4n) is 4.64. The van der Waals surface area contributed by atoms with Gasteiger partial charge in [-0.05, 0) is 41.7 Å². The fourth-order valence-corrected chi connectivity index (χ4v) is 6.02. The van der Waals surface area contributed by atoms with E-state index in [1.54, 1.807) is 25.2 Å². The van der Waals surface area contributed by atoms with E-state index in [0.717, 1.165) is 25.1 Å². The second-order valence-corrected chi connectivity index (χ2v) is 17.0. The molecule has 228 valence electrons. The van der Waals surface area contributed by atoms with Crippen LogP contribution in [0.4, 0.5) is 18.0 Å². The smallest absolute Gasteiger partial charge is 0.445 e. The summed E-state index contributed by atoms with van der Waals surface area (Å²) in [6, 6.07) is 15.8. The molecule has 1 amide bonds. The monoisotopic (exact) mass is 604 g/mol. The zero-order valence-corrected chi connectivity index (χ0v) is 25.9. The van der Waals surface area contributed by atoms with Gasteiger partial charge >= 0.3 is 18.2 Å². The molecule has 1 aliphatic heterocycles. The molecule has 0 radical (unpaired) electrons. The number of amides is 1. The van der Waals surface area contributed by atoms with Gasteiger partial charge in [-0.3, -0.25) is 4.90 Å². The molecule has 0 spiro atoms. The normalized spacial score (nSPS) is 17.3. The number of alkyl halides is 3. The van der Waals surface area contributed by atoms with Gasteiger partial charge in [0.15, 0.2) is 8.32 Å². The zero-order chi connectivity index (χ0) is 30.7. The van der Waals surface area contributed by atoms with Crippen LogP contribution < -0.4 is 0 Å². The number of hydrogen-bond donors (Lipinski definition) is 0. The van der Waals surface area contributed by atoms with Crippen LogP contribution in [0.15, 0.2) is 59.1 Å². The molecule has 42 heavy (non-hydrogen) atoms. The molecule has 2 aromatic carbocycles. The molecule has 1 aromatic heterocycles. The summed E-state index contributed by atoms with van der Waals surface area (Å²) in [6.45, 7) is 13.2. The highest BCUT2D eigenvalue weighted by molar-refractivity contribution is 6.74. The van der Waals surface area contributed by atoms with Crippen molar-refractivity contribution in [2.75, 3.05) is 26.7 Å². The van der Waals surface area contributed by atoms with Crippen LogP contribution in [0.1, 0.15) is 50.3 Å². The van der Waals surface area contributed by atoms with E-state index in [4.69, 9.17) is 9.16 Å². The Balaban J connectivity index is 1.55. The van der Waals surface area contributed by atoms with E-state index in [1.807, 2.05) is 36.4 Å². The second kappa shape index (κ2) is 12.6. The van der Waals surface area contributed by atoms with Crippen molar-refractivity contribution >= 4 is 14.4 Å². The molecule has 2 atom stereocenters. The number of hydrogen-bond acceptors (Lipinski definition) is 7. The van der Waals surface area contributed by atoms with Crippen LogP contribution in [0.3, 0.4) is 0 Å². The maximum Gasteiger partial charge on any atom is 0.471 e. The van der Waals surface area contributed by atoms with Gasteiger partial charge in [0.2, 0.25) is 5.82 Å². The van der Waals surface area contributed by atoms with Gasteiger partial charge in [-0.25, -0.2) is 4.79 Å². The van der Waals surface area contributed by atoms with Gasteiger partial charge in [-0.1, -0.05) is 74.5 Å². The molecule has 1 fully saturated rings. The minimum Gasteiger partial charge on any atom is -0.445 e. The van der Waals surface area contributed by atoms with Gasteiger partial charge in [-0.2, -0.15) is 18.2 Å². The number of likely N-dealkylation sites (tertiary alicyclic amines) is 1. The van der Waals surface area contributed by atoms with E-state index >= 15 is 0 Å². The van der Waals surface area contributed by atoms with Gasteiger partial charge in [0, 0.05) is 32.2 Å². The molecular formula is C30H39F3N4O4Si. The predicted octanol–water partition coefficient (Wildman–Crippen LogP) is 7.16. The lowest BCUT2D eigenvalue weighted by atomic mass is 10.0. The van der Waals surface area contributed by atoms with Gasteiger partial charge in [0.05, 0.1) is 12.1 Å². The largest absolute Gasteiger partial charge is 0.471 e. The van der Waals surface area contributed by atoms with E-state index < -0.39 is 32.5 Å². The number of nitrogens with zero attached hydrogens (tertiary/aromatic N) is 4. The maximum absolute atomic E-state index is 13.2. The summed E-state index contributed by atoms with van der Waals surface area (Å²) in [5.74, 6) is -1.59. The Bertz CT molecular complexity index is 1340. The number of rotatable bonds is 9. The second-order valence-electron chi connectivity index (χ2n) is 12.3. The van der Waals surface area contributed by atoms with Crippen LogP contribution >= 0.6 is 0 Å². The highest BCUT2D eigenvalue weighted by Gasteiger charge is 2.41. The SMILES string of the molecule is CN(C(=O)OCc1ccccc1)[C@H](CN1CC[C@H](O[Si](C)(C)C(C)(C)C)C1)c1cccc(-c2noc(C(F)(F)F)n2)c1. The molecule has 0 unspecified atom stereocenters. The number of ether oxygens (including phenoxy) is 1. The first-order chi connectivity index (χ1) is 19.6. The van der Waals surface area contributed by atoms with Crippen molar-refractivity contribution in [3.63, 3.8) is 0 Å². The minimum absolute atomic E-state index is 0.0905. The van der Waals surface area contributed by atoms with Crippen LogP contribution in [0.2, 0.25) is 18.1 Å². The number of carbonyl (C=O) groups is 1. The maximum atomic E-state index is 13.2. The lowest BCUT2D eigenvalue weighted by Gasteiger charge is -2.38. The summed E-state index contributed by atoms with van der Waals surface area (Å²) in [4.78, 5) is 20.6. The Kier molecular flexibility index (Phi) is 9.48. The summed E-state index contributed by atoms with van der Waals surface area (Å²) >= 11 is 0. The third-order valence-electron chi connectivity index (χ3n) is 8.09. The fraction of sp³-hybridized carbons (Fsp3) is 0.500. The zero-order valence-electron chi connectivity index (χ0n) is 24.9. The van der Waals surface area contributed by atoms with Crippen LogP contribution in [0.5, 0.6) is 0 Å². The first-order valence-corrected chi connectivity index (χ1v) is 16.9. The summed E-state index contributed by atoms with van der Waals surface area (Å²) in [5.41, 5.74) is 1.92. The molecular weight excluding hydrogens is 565 g/mol. The van der Waals surface area contributed by atoms with E-state index in [9.17, 15) is 18.0 Å². The van der Waals surface area contributed by atoms with Crippen LogP contribution in [0.25, 0.3) is 11.4 Å². The number of benzene rings is 2. The van der Waals surface area contributed by atoms with Gasteiger partial charge < -0.3 is 18.6 Å². The van der Waals surface area contributed by atoms with E-state index in [-0.39, 0.29) is 23.6 Å². The van der Waals surface area contributed by atoms with Gasteiger partial charge in [0.1, 0.15) is 6.61 Å². The predicted molar refractivity (Wildman–Crippen MR) is 155 cm³/mol. The van der Waals surface area contributed by atoms with Crippen molar-refractivity contribution in [3.8, 4) is 11.4 Å². The number of aromatic nitrogens is 2. The van der Waals surface area contributed by atoms with Gasteiger partial charge in [0.25, 0.3) is 0 Å². The highest BCUT2D eigenvalue weighted by atomic mass is 28.4. The minimum atomic E-state index is -4.74. The van der Waals surface area contributed by atoms with Gasteiger partial charge in [-0.15, -0.1) is 0 Å². The number of carbonyl (C=O) groups excluding carboxylic acids is 1. The summed E-state index contributed by atoms with van der Waals surface area (Å²) in [6.07, 6.45) is -4.29. The lowest BCUT2D eigenvalue weighted by molar-refractivity contribution is -0.159. The summed E-state index contributed by atoms with van der Waals surface area (Å²) in [5, 5.41) is 3.62. The van der Waals surface area contributed by atoms with Crippen molar-refractivity contribution in [3.05, 3.63) is 71.6 Å². The Hall–Kier alpha value is -3.22. The van der Waals surface area contributed by atoms with Crippen molar-refractivity contribution in [1.29, 1.82) is 0 Å². The Morgan fingerprint density at radius 1 is 1.14 bits per heavy atom. The molecule has 1 aliphatic rings. The number of halogens is 3. The molecule has 0 N–H and O–H groups in total. The van der Waals surface area contributed by atoms with E-state index in [2.05, 4.69) is 53.4 Å². The van der Waals surface area contributed by atoms with Crippen LogP contribution in [0, 0.1) is 0 Å². The molecule has 0 aliphatic carbocycles. The summed E-state index contributed by atoms with van der Waals surface area (Å²) < 4.78 is 55.9. The van der Waals surface area contributed by atoms with Crippen molar-refractivity contribution in [1.82, 2.24) is 19.9 Å². The number of likely N-dealkylation sites (N-methyl/N-ethyl adjacent to an activating group) is 1. The average Bonchev–Trinajstić information content (AvgIpc) is 3.60. The molecule has 0 bridgehead atoms. The van der Waals surface area contributed by atoms with Crippen molar-refractivity contribution < 1.29 is 31.7 Å². The van der Waals surface area contributed by atoms with E-state index in [1.165, 1.54) is 4.90 Å². The Morgan fingerprint density at radius 2 is 1.86 bits per heavy atom. The third-order valence-corrected chi connectivity index (χ3v) is 12.6. The first-order valence-electron chi connectivity index (χ1n) is 14.0. The quantitative estimate of drug-likeness (QED) is 0.240. The topological polar surface area (TPSA) is 80.9 Å².